The van der Waals surface area contributed by atoms with Gasteiger partial charge in [-0.1, -0.05) is 0 Å². The largest absolute Gasteiger partial charge is 0.387 e. The minimum absolute atomic E-state index is 0.510. The van der Waals surface area contributed by atoms with Crippen LogP contribution in [0.2, 0.25) is 0 Å². The van der Waals surface area contributed by atoms with Gasteiger partial charge in [0.25, 0.3) is 0 Å². The number of aliphatic hydroxyl groups is 1. The molecule has 0 amide bonds. The summed E-state index contributed by atoms with van der Waals surface area (Å²) in [5.74, 6) is 2.12. The van der Waals surface area contributed by atoms with Crippen LogP contribution in [0.1, 0.15) is 50.1 Å². The van der Waals surface area contributed by atoms with E-state index in [0.717, 1.165) is 54.4 Å². The van der Waals surface area contributed by atoms with Crippen LogP contribution in [0.3, 0.4) is 0 Å². The number of anilines is 4. The number of nitrogens with zero attached hydrogens (tertiary/aromatic N) is 7. The molecule has 1 unspecified atom stereocenters. The SMILES string of the molecule is Cc1nc(Nc2ncc3cc(C(C)O)nc(N4C5CCC4CC5)c3n2)ccc1N1CCN(C)CC1. The number of hydrogen-bond donors (Lipinski definition) is 2. The first-order chi connectivity index (χ1) is 17.0. The van der Waals surface area contributed by atoms with E-state index < -0.39 is 6.10 Å². The molecule has 0 aromatic carbocycles. The van der Waals surface area contributed by atoms with Gasteiger partial charge in [-0.15, -0.1) is 0 Å². The number of likely N-dealkylation sites (N-methyl/N-ethyl adjacent to an activating group) is 1. The molecular formula is C26H34N8O. The van der Waals surface area contributed by atoms with Crippen molar-refractivity contribution in [1.29, 1.82) is 0 Å². The Morgan fingerprint density at radius 1 is 1.00 bits per heavy atom. The van der Waals surface area contributed by atoms with E-state index in [1.54, 1.807) is 6.92 Å². The predicted molar refractivity (Wildman–Crippen MR) is 138 cm³/mol. The van der Waals surface area contributed by atoms with Crippen molar-refractivity contribution in [2.75, 3.05) is 48.3 Å². The molecule has 0 aliphatic carbocycles. The van der Waals surface area contributed by atoms with Crippen LogP contribution in [-0.2, 0) is 0 Å². The Balaban J connectivity index is 1.31. The van der Waals surface area contributed by atoms with E-state index >= 15 is 0 Å². The Morgan fingerprint density at radius 2 is 1.71 bits per heavy atom. The number of piperazine rings is 1. The van der Waals surface area contributed by atoms with Crippen LogP contribution in [0.15, 0.2) is 24.4 Å². The van der Waals surface area contributed by atoms with Crippen molar-refractivity contribution in [2.24, 2.45) is 0 Å². The van der Waals surface area contributed by atoms with Gasteiger partial charge in [0.1, 0.15) is 11.3 Å². The minimum Gasteiger partial charge on any atom is -0.387 e. The van der Waals surface area contributed by atoms with Gasteiger partial charge >= 0.3 is 0 Å². The second-order valence-corrected chi connectivity index (χ2v) is 10.3. The molecule has 184 valence electrons. The van der Waals surface area contributed by atoms with Crippen molar-refractivity contribution in [3.63, 3.8) is 0 Å². The Labute approximate surface area is 206 Å². The summed E-state index contributed by atoms with van der Waals surface area (Å²) in [5, 5.41) is 14.5. The molecule has 9 nitrogen and oxygen atoms in total. The monoisotopic (exact) mass is 474 g/mol. The maximum atomic E-state index is 10.3. The molecule has 35 heavy (non-hydrogen) atoms. The molecule has 2 bridgehead atoms. The predicted octanol–water partition coefficient (Wildman–Crippen LogP) is 3.41. The summed E-state index contributed by atoms with van der Waals surface area (Å²) in [5.41, 5.74) is 3.68. The highest BCUT2D eigenvalue weighted by Crippen LogP contribution is 2.42. The smallest absolute Gasteiger partial charge is 0.229 e. The van der Waals surface area contributed by atoms with E-state index in [1.165, 1.54) is 31.4 Å². The summed E-state index contributed by atoms with van der Waals surface area (Å²) in [6.07, 6.45) is 5.99. The lowest BCUT2D eigenvalue weighted by molar-refractivity contribution is 0.194. The maximum Gasteiger partial charge on any atom is 0.229 e. The van der Waals surface area contributed by atoms with E-state index in [4.69, 9.17) is 15.0 Å². The van der Waals surface area contributed by atoms with Crippen LogP contribution >= 0.6 is 0 Å². The van der Waals surface area contributed by atoms with Crippen molar-refractivity contribution in [3.05, 3.63) is 35.8 Å². The number of aryl methyl sites for hydroxylation is 1. The number of fused-ring (bicyclic) bond motifs is 3. The Morgan fingerprint density at radius 3 is 2.37 bits per heavy atom. The van der Waals surface area contributed by atoms with Gasteiger partial charge in [0.05, 0.1) is 23.2 Å². The molecule has 6 heterocycles. The van der Waals surface area contributed by atoms with Crippen molar-refractivity contribution in [1.82, 2.24) is 24.8 Å². The lowest BCUT2D eigenvalue weighted by Crippen LogP contribution is -2.44. The van der Waals surface area contributed by atoms with Gasteiger partial charge in [0, 0.05) is 49.8 Å². The maximum absolute atomic E-state index is 10.3. The summed E-state index contributed by atoms with van der Waals surface area (Å²) >= 11 is 0. The lowest BCUT2D eigenvalue weighted by atomic mass is 10.0. The summed E-state index contributed by atoms with van der Waals surface area (Å²) in [7, 11) is 2.17. The second-order valence-electron chi connectivity index (χ2n) is 10.3. The van der Waals surface area contributed by atoms with E-state index in [2.05, 4.69) is 45.0 Å². The highest BCUT2D eigenvalue weighted by Gasteiger charge is 2.41. The molecule has 3 fully saturated rings. The zero-order chi connectivity index (χ0) is 24.1. The molecule has 0 spiro atoms. The first-order valence-corrected chi connectivity index (χ1v) is 12.8. The van der Waals surface area contributed by atoms with Crippen molar-refractivity contribution in [3.8, 4) is 0 Å². The molecule has 3 saturated heterocycles. The highest BCUT2D eigenvalue weighted by molar-refractivity contribution is 5.90. The minimum atomic E-state index is -0.637. The Hall–Kier alpha value is -3.04. The number of nitrogens with one attached hydrogen (secondary N) is 1. The molecular weight excluding hydrogens is 440 g/mol. The zero-order valence-corrected chi connectivity index (χ0v) is 20.8. The quantitative estimate of drug-likeness (QED) is 0.577. The van der Waals surface area contributed by atoms with Crippen molar-refractivity contribution < 1.29 is 5.11 Å². The molecule has 6 rings (SSSR count). The number of hydrogen-bond acceptors (Lipinski definition) is 9. The van der Waals surface area contributed by atoms with Gasteiger partial charge in [-0.25, -0.2) is 19.9 Å². The third-order valence-electron chi connectivity index (χ3n) is 7.83. The topological polar surface area (TPSA) is 93.5 Å². The second kappa shape index (κ2) is 8.87. The molecule has 0 saturated carbocycles. The average molecular weight is 475 g/mol. The third kappa shape index (κ3) is 4.16. The molecule has 9 heteroatoms. The average Bonchev–Trinajstić information content (AvgIpc) is 3.45. The highest BCUT2D eigenvalue weighted by atomic mass is 16.3. The van der Waals surface area contributed by atoms with Crippen molar-refractivity contribution >= 4 is 34.2 Å². The van der Waals surface area contributed by atoms with E-state index in [0.29, 0.717) is 23.7 Å². The first-order valence-electron chi connectivity index (χ1n) is 12.8. The third-order valence-corrected chi connectivity index (χ3v) is 7.83. The molecule has 0 radical (unpaired) electrons. The summed E-state index contributed by atoms with van der Waals surface area (Å²) in [4.78, 5) is 26.4. The molecule has 1 atom stereocenters. The van der Waals surface area contributed by atoms with Crippen LogP contribution in [0.25, 0.3) is 10.9 Å². The molecule has 3 aromatic rings. The van der Waals surface area contributed by atoms with Gasteiger partial charge in [-0.3, -0.25) is 0 Å². The van der Waals surface area contributed by atoms with Crippen LogP contribution < -0.4 is 15.1 Å². The van der Waals surface area contributed by atoms with Crippen LogP contribution in [-0.4, -0.2) is 75.3 Å². The van der Waals surface area contributed by atoms with Crippen LogP contribution in [0, 0.1) is 6.92 Å². The van der Waals surface area contributed by atoms with Gasteiger partial charge in [0.15, 0.2) is 5.82 Å². The Kier molecular flexibility index (Phi) is 5.69. The summed E-state index contributed by atoms with van der Waals surface area (Å²) in [6.45, 7) is 7.98. The number of rotatable bonds is 5. The van der Waals surface area contributed by atoms with Gasteiger partial charge in [-0.05, 0) is 64.8 Å². The standard InChI is InChI=1S/C26H34N8O/c1-16-22(33-12-10-32(3)11-13-33)8-9-23(28-16)30-26-27-15-18-14-21(17(2)35)29-25(24(18)31-26)34-19-4-5-20(34)7-6-19/h8-9,14-15,17,19-20,35H,4-7,10-13H2,1-3H3,(H,27,28,30,31). The van der Waals surface area contributed by atoms with E-state index in [-0.39, 0.29) is 0 Å². The summed E-state index contributed by atoms with van der Waals surface area (Å²) in [6, 6.07) is 7.07. The normalized spacial score (nSPS) is 23.3. The molecule has 3 aliphatic heterocycles. The van der Waals surface area contributed by atoms with E-state index in [9.17, 15) is 5.11 Å². The number of pyridine rings is 2. The van der Waals surface area contributed by atoms with E-state index in [1.807, 2.05) is 18.3 Å². The van der Waals surface area contributed by atoms with Crippen LogP contribution in [0.4, 0.5) is 23.3 Å². The Bertz CT molecular complexity index is 1220. The lowest BCUT2D eigenvalue weighted by Gasteiger charge is -2.34. The van der Waals surface area contributed by atoms with Crippen LogP contribution in [0.5, 0.6) is 0 Å². The van der Waals surface area contributed by atoms with Gasteiger partial charge in [-0.2, -0.15) is 0 Å². The molecule has 3 aromatic heterocycles. The molecule has 3 aliphatic rings. The fourth-order valence-electron chi connectivity index (χ4n) is 5.87. The number of aromatic nitrogens is 4. The first kappa shape index (κ1) is 22.4. The number of aliphatic hydroxyl groups excluding tert-OH is 1. The summed E-state index contributed by atoms with van der Waals surface area (Å²) < 4.78 is 0. The zero-order valence-electron chi connectivity index (χ0n) is 20.8. The fraction of sp³-hybridized carbons (Fsp3) is 0.538. The van der Waals surface area contributed by atoms with Crippen molar-refractivity contribution in [2.45, 2.75) is 57.7 Å². The molecule has 2 N–H and O–H groups in total. The van der Waals surface area contributed by atoms with Gasteiger partial charge < -0.3 is 25.1 Å². The van der Waals surface area contributed by atoms with Gasteiger partial charge in [0.2, 0.25) is 5.95 Å². The fourth-order valence-corrected chi connectivity index (χ4v) is 5.87.